The number of oxazole rings is 1. The van der Waals surface area contributed by atoms with E-state index in [4.69, 9.17) is 34.7 Å². The second-order valence-electron chi connectivity index (χ2n) is 14.1. The van der Waals surface area contributed by atoms with Gasteiger partial charge in [-0.1, -0.05) is 6.07 Å². The van der Waals surface area contributed by atoms with Crippen LogP contribution >= 0.6 is 0 Å². The fourth-order valence-corrected chi connectivity index (χ4v) is 8.90. The minimum absolute atomic E-state index is 0.290. The van der Waals surface area contributed by atoms with Crippen LogP contribution in [0.1, 0.15) is 72.2 Å². The van der Waals surface area contributed by atoms with Crippen LogP contribution in [0.4, 0.5) is 15.9 Å². The maximum absolute atomic E-state index is 14.5. The van der Waals surface area contributed by atoms with E-state index in [2.05, 4.69) is 38.5 Å². The van der Waals surface area contributed by atoms with Crippen molar-refractivity contribution in [1.82, 2.24) is 29.6 Å². The number of aromatic nitrogens is 5. The van der Waals surface area contributed by atoms with Gasteiger partial charge in [0.15, 0.2) is 5.69 Å². The number of rotatable bonds is 5. The number of ether oxygens (including phenoxy) is 2. The monoisotopic (exact) mass is 652 g/mol. The normalized spacial score (nSPS) is 26.8. The summed E-state index contributed by atoms with van der Waals surface area (Å²) < 4.78 is 35.3. The summed E-state index contributed by atoms with van der Waals surface area (Å²) >= 11 is 0. The molecule has 0 bridgehead atoms. The summed E-state index contributed by atoms with van der Waals surface area (Å²) in [5.41, 5.74) is 13.5. The summed E-state index contributed by atoms with van der Waals surface area (Å²) in [5.74, 6) is 1.34. The second kappa shape index (κ2) is 11.4. The van der Waals surface area contributed by atoms with Gasteiger partial charge in [-0.2, -0.15) is 15.1 Å². The van der Waals surface area contributed by atoms with Crippen molar-refractivity contribution in [2.45, 2.75) is 95.3 Å². The van der Waals surface area contributed by atoms with Gasteiger partial charge < -0.3 is 24.5 Å². The van der Waals surface area contributed by atoms with Crippen LogP contribution in [0.5, 0.6) is 6.01 Å². The van der Waals surface area contributed by atoms with Crippen LogP contribution in [-0.2, 0) is 42.9 Å². The second-order valence-corrected chi connectivity index (χ2v) is 14.1. The number of hydrogen-bond donors (Lipinski definition) is 1. The Morgan fingerprint density at radius 2 is 2.06 bits per heavy atom. The molecule has 4 aromatic rings. The molecule has 2 N–H and O–H groups in total. The third-order valence-electron chi connectivity index (χ3n) is 11.3. The van der Waals surface area contributed by atoms with Crippen molar-refractivity contribution in [1.29, 1.82) is 0 Å². The Morgan fingerprint density at radius 3 is 2.96 bits per heavy atom. The number of anilines is 2. The van der Waals surface area contributed by atoms with E-state index in [9.17, 15) is 4.39 Å². The zero-order chi connectivity index (χ0) is 32.5. The highest BCUT2D eigenvalue weighted by atomic mass is 19.1. The molecule has 2 fully saturated rings. The Kier molecular flexibility index (Phi) is 7.09. The summed E-state index contributed by atoms with van der Waals surface area (Å²) in [7, 11) is 0. The maximum atomic E-state index is 14.5. The van der Waals surface area contributed by atoms with Crippen molar-refractivity contribution in [2.75, 3.05) is 30.3 Å². The van der Waals surface area contributed by atoms with E-state index < -0.39 is 11.8 Å². The molecule has 48 heavy (non-hydrogen) atoms. The lowest BCUT2D eigenvalue weighted by Gasteiger charge is -2.43. The molecule has 12 heteroatoms. The van der Waals surface area contributed by atoms with Crippen molar-refractivity contribution < 1.29 is 18.3 Å². The van der Waals surface area contributed by atoms with Crippen LogP contribution in [0, 0.1) is 6.92 Å². The first-order valence-corrected chi connectivity index (χ1v) is 17.3. The predicted octanol–water partition coefficient (Wildman–Crippen LogP) is 5.40. The Labute approximate surface area is 278 Å². The van der Waals surface area contributed by atoms with Crippen LogP contribution in [0.2, 0.25) is 0 Å². The van der Waals surface area contributed by atoms with Gasteiger partial charge in [0.1, 0.15) is 18.3 Å². The van der Waals surface area contributed by atoms with Crippen LogP contribution in [0.15, 0.2) is 47.4 Å². The molecule has 1 aliphatic carbocycles. The molecule has 4 aliphatic heterocycles. The van der Waals surface area contributed by atoms with Crippen LogP contribution in [-0.4, -0.2) is 61.0 Å². The van der Waals surface area contributed by atoms with Gasteiger partial charge in [-0.15, -0.1) is 0 Å². The largest absolute Gasteiger partial charge is 0.443 e. The highest BCUT2D eigenvalue weighted by Crippen LogP contribution is 2.47. The van der Waals surface area contributed by atoms with E-state index in [0.29, 0.717) is 44.4 Å². The number of nitrogens with two attached hydrogens (primary N) is 1. The Morgan fingerprint density at radius 1 is 1.12 bits per heavy atom. The van der Waals surface area contributed by atoms with Crippen LogP contribution in [0.25, 0.3) is 11.6 Å². The van der Waals surface area contributed by atoms with E-state index in [1.165, 1.54) is 5.56 Å². The van der Waals surface area contributed by atoms with Crippen molar-refractivity contribution in [3.8, 4) is 17.6 Å². The van der Waals surface area contributed by atoms with Gasteiger partial charge >= 0.3 is 6.01 Å². The number of nitrogens with zero attached hydrogens (tertiary/aromatic N) is 7. The van der Waals surface area contributed by atoms with Crippen molar-refractivity contribution in [2.24, 2.45) is 0 Å². The quantitative estimate of drug-likeness (QED) is 0.222. The number of nitrogen functional groups attached to an aromatic ring is 1. The van der Waals surface area contributed by atoms with E-state index in [1.807, 2.05) is 12.1 Å². The molecule has 7 heterocycles. The summed E-state index contributed by atoms with van der Waals surface area (Å²) in [6, 6.07) is 6.50. The average molecular weight is 653 g/mol. The summed E-state index contributed by atoms with van der Waals surface area (Å²) in [4.78, 5) is 19.0. The molecule has 0 saturated carbocycles. The first-order chi connectivity index (χ1) is 23.4. The van der Waals surface area contributed by atoms with Crippen molar-refractivity contribution in [3.05, 3.63) is 76.6 Å². The fourth-order valence-electron chi connectivity index (χ4n) is 8.90. The molecule has 3 atom stereocenters. The maximum Gasteiger partial charge on any atom is 0.323 e. The van der Waals surface area contributed by atoms with Gasteiger partial charge in [-0.3, -0.25) is 9.58 Å². The van der Waals surface area contributed by atoms with E-state index in [1.54, 1.807) is 18.7 Å². The lowest BCUT2D eigenvalue weighted by molar-refractivity contribution is -0.0854. The number of fused-ring (bicyclic) bond motifs is 5. The Hall–Kier alpha value is -4.29. The summed E-state index contributed by atoms with van der Waals surface area (Å²) in [6.45, 7) is 6.04. The molecule has 5 aliphatic rings. The molecular formula is C36H41FN8O3. The first-order valence-electron chi connectivity index (χ1n) is 17.3. The topological polar surface area (TPSA) is 121 Å². The smallest absolute Gasteiger partial charge is 0.323 e. The number of hydrogen-bond acceptors (Lipinski definition) is 10. The molecule has 3 aromatic heterocycles. The van der Waals surface area contributed by atoms with Gasteiger partial charge in [-0.25, -0.2) is 9.37 Å². The zero-order valence-electron chi connectivity index (χ0n) is 27.3. The van der Waals surface area contributed by atoms with E-state index in [-0.39, 0.29) is 5.54 Å². The van der Waals surface area contributed by atoms with Gasteiger partial charge in [-0.05, 0) is 81.3 Å². The molecule has 0 radical (unpaired) electrons. The molecular weight excluding hydrogens is 611 g/mol. The average Bonchev–Trinajstić information content (AvgIpc) is 3.83. The van der Waals surface area contributed by atoms with Crippen molar-refractivity contribution in [3.63, 3.8) is 0 Å². The van der Waals surface area contributed by atoms with Crippen molar-refractivity contribution >= 4 is 11.5 Å². The van der Waals surface area contributed by atoms with Gasteiger partial charge in [0.25, 0.3) is 0 Å². The molecule has 2 saturated heterocycles. The van der Waals surface area contributed by atoms with Gasteiger partial charge in [0.05, 0.1) is 42.6 Å². The SMILES string of the molecule is Cc1c(-c2ncco2)nn2c1CN(c1nc(OC=CC34CCCN3C[C@H](F)C4)nc3c1CO[C@@]1(CCCc4ccc(N)cc41)C3)CCC2. The predicted molar refractivity (Wildman–Crippen MR) is 177 cm³/mol. The molecule has 1 unspecified atom stereocenters. The van der Waals surface area contributed by atoms with E-state index in [0.717, 1.165) is 103 Å². The molecule has 1 spiro atoms. The van der Waals surface area contributed by atoms with E-state index >= 15 is 0 Å². The summed E-state index contributed by atoms with van der Waals surface area (Å²) in [6.07, 6.45) is 13.1. The molecule has 1 aromatic carbocycles. The lowest BCUT2D eigenvalue weighted by Crippen LogP contribution is -2.40. The third kappa shape index (κ3) is 4.91. The first kappa shape index (κ1) is 29.8. The number of benzene rings is 1. The number of aryl methyl sites for hydroxylation is 2. The number of alkyl halides is 1. The number of halogens is 1. The summed E-state index contributed by atoms with van der Waals surface area (Å²) in [5, 5.41) is 4.88. The highest BCUT2D eigenvalue weighted by molar-refractivity contribution is 5.57. The molecule has 9 rings (SSSR count). The molecule has 0 amide bonds. The minimum Gasteiger partial charge on any atom is -0.443 e. The fraction of sp³-hybridized carbons (Fsp3) is 0.500. The Bertz CT molecular complexity index is 1890. The lowest BCUT2D eigenvalue weighted by atomic mass is 9.74. The van der Waals surface area contributed by atoms with Crippen LogP contribution < -0.4 is 15.4 Å². The molecule has 250 valence electrons. The molecule has 11 nitrogen and oxygen atoms in total. The zero-order valence-corrected chi connectivity index (χ0v) is 27.3. The minimum atomic E-state index is -0.811. The Balaban J connectivity index is 1.09. The van der Waals surface area contributed by atoms with Gasteiger partial charge in [0.2, 0.25) is 5.89 Å². The highest BCUT2D eigenvalue weighted by Gasteiger charge is 2.47. The van der Waals surface area contributed by atoms with Gasteiger partial charge in [0, 0.05) is 54.8 Å². The third-order valence-corrected chi connectivity index (χ3v) is 11.3. The standard InChI is InChI=1S/C36H41FN8O3/c1-23-30-21-43(12-4-14-45(30)42-31(23)33-39-11-16-46-33)32-27-22-48-36(9-2-5-24-6-7-26(38)17-28(24)36)19-29(27)40-34(41-32)47-15-10-35-8-3-13-44(35)20-25(37)18-35/h6-7,10-11,15-17,25H,2-5,8-9,12-14,18-22,38H2,1H3/t25-,35?,36+/m1/s1. The van der Waals surface area contributed by atoms with Crippen LogP contribution in [0.3, 0.4) is 0 Å².